The summed E-state index contributed by atoms with van der Waals surface area (Å²) in [5, 5.41) is 20.7. The molecule has 5 heteroatoms. The molecule has 0 aromatic heterocycles. The van der Waals surface area contributed by atoms with Crippen molar-refractivity contribution in [2.75, 3.05) is 13.3 Å². The van der Waals surface area contributed by atoms with E-state index in [1.54, 1.807) is 0 Å². The zero-order valence-electron chi connectivity index (χ0n) is 11.5. The quantitative estimate of drug-likeness (QED) is 0.690. The molecule has 5 nitrogen and oxygen atoms in total. The molecule has 5 rings (SSSR count). The molecule has 0 amide bonds. The Labute approximate surface area is 122 Å². The van der Waals surface area contributed by atoms with Gasteiger partial charge < -0.3 is 19.7 Å². The van der Waals surface area contributed by atoms with Gasteiger partial charge >= 0.3 is 0 Å². The lowest BCUT2D eigenvalue weighted by atomic mass is 9.73. The van der Waals surface area contributed by atoms with E-state index in [0.29, 0.717) is 0 Å². The Balaban J connectivity index is 1.70. The van der Waals surface area contributed by atoms with E-state index in [1.807, 2.05) is 18.2 Å². The maximum Gasteiger partial charge on any atom is 0.231 e. The van der Waals surface area contributed by atoms with Gasteiger partial charge in [0.05, 0.1) is 12.2 Å². The van der Waals surface area contributed by atoms with Crippen LogP contribution in [0.25, 0.3) is 0 Å². The Hall–Kier alpha value is -1.56. The molecular formula is C16H17NO4. The fraction of sp³-hybridized carbons (Fsp3) is 0.500. The van der Waals surface area contributed by atoms with E-state index in [1.165, 1.54) is 11.1 Å². The van der Waals surface area contributed by atoms with Gasteiger partial charge in [0.2, 0.25) is 6.79 Å². The lowest BCUT2D eigenvalue weighted by Crippen LogP contribution is -2.49. The first-order valence-corrected chi connectivity index (χ1v) is 7.45. The number of nitrogens with zero attached hydrogens (tertiary/aromatic N) is 1. The van der Waals surface area contributed by atoms with Gasteiger partial charge in [-0.25, -0.2) is 0 Å². The maximum absolute atomic E-state index is 10.5. The van der Waals surface area contributed by atoms with Crippen LogP contribution < -0.4 is 9.47 Å². The molecule has 1 saturated heterocycles. The lowest BCUT2D eigenvalue weighted by molar-refractivity contribution is -0.00157. The average Bonchev–Trinajstić information content (AvgIpc) is 3.08. The first kappa shape index (κ1) is 12.0. The van der Waals surface area contributed by atoms with Crippen LogP contribution in [0, 0.1) is 0 Å². The monoisotopic (exact) mass is 287 g/mol. The van der Waals surface area contributed by atoms with Gasteiger partial charge in [-0.05, 0) is 29.7 Å². The van der Waals surface area contributed by atoms with Crippen molar-refractivity contribution in [3.63, 3.8) is 0 Å². The highest BCUT2D eigenvalue weighted by Gasteiger charge is 2.48. The van der Waals surface area contributed by atoms with Gasteiger partial charge in [-0.1, -0.05) is 11.6 Å². The van der Waals surface area contributed by atoms with E-state index in [4.69, 9.17) is 9.47 Å². The fourth-order valence-electron chi connectivity index (χ4n) is 4.35. The number of hydrogen-bond acceptors (Lipinski definition) is 5. The van der Waals surface area contributed by atoms with Crippen molar-refractivity contribution in [3.8, 4) is 11.5 Å². The van der Waals surface area contributed by atoms with E-state index in [0.717, 1.165) is 36.6 Å². The molecule has 0 radical (unpaired) electrons. The second-order valence-electron chi connectivity index (χ2n) is 6.32. The Morgan fingerprint density at radius 2 is 1.95 bits per heavy atom. The summed E-state index contributed by atoms with van der Waals surface area (Å²) in [7, 11) is 0. The summed E-state index contributed by atoms with van der Waals surface area (Å²) in [6.45, 7) is 2.11. The van der Waals surface area contributed by atoms with E-state index in [9.17, 15) is 10.2 Å². The number of fused-ring (bicyclic) bond motifs is 3. The summed E-state index contributed by atoms with van der Waals surface area (Å²) in [6.07, 6.45) is 1.28. The van der Waals surface area contributed by atoms with Crippen LogP contribution in [0.2, 0.25) is 0 Å². The largest absolute Gasteiger partial charge is 0.454 e. The van der Waals surface area contributed by atoms with Gasteiger partial charge in [-0.2, -0.15) is 0 Å². The van der Waals surface area contributed by atoms with Crippen molar-refractivity contribution in [3.05, 3.63) is 34.9 Å². The Kier molecular flexibility index (Phi) is 2.29. The van der Waals surface area contributed by atoms with Crippen molar-refractivity contribution in [2.24, 2.45) is 0 Å². The summed E-state index contributed by atoms with van der Waals surface area (Å²) in [4.78, 5) is 2.40. The topological polar surface area (TPSA) is 62.2 Å². The van der Waals surface area contributed by atoms with E-state index < -0.39 is 12.2 Å². The molecule has 0 saturated carbocycles. The average molecular weight is 287 g/mol. The molecule has 2 N–H and O–H groups in total. The smallest absolute Gasteiger partial charge is 0.231 e. The highest BCUT2D eigenvalue weighted by Crippen LogP contribution is 2.49. The third-order valence-corrected chi connectivity index (χ3v) is 5.27. The third-order valence-electron chi connectivity index (χ3n) is 5.27. The summed E-state index contributed by atoms with van der Waals surface area (Å²) >= 11 is 0. The van der Waals surface area contributed by atoms with Gasteiger partial charge in [0.1, 0.15) is 0 Å². The van der Waals surface area contributed by atoms with Crippen molar-refractivity contribution in [1.82, 2.24) is 4.90 Å². The fourth-order valence-corrected chi connectivity index (χ4v) is 4.35. The second kappa shape index (κ2) is 4.00. The molecule has 4 aliphatic rings. The third kappa shape index (κ3) is 1.51. The standard InChI is InChI=1S/C16H17NO4/c18-11-3-8-1-2-17-6-9-4-12-13(21-7-20-12)5-10(9)14(15(8)17)16(11)19/h3-5,11,14-16,18-19H,1-2,6-7H2/t11-,14+,15-,16+/m0/s1. The molecule has 0 unspecified atom stereocenters. The molecule has 110 valence electrons. The molecule has 4 atom stereocenters. The van der Waals surface area contributed by atoms with Crippen LogP contribution >= 0.6 is 0 Å². The summed E-state index contributed by atoms with van der Waals surface area (Å²) in [5.41, 5.74) is 3.54. The normalized spacial score (nSPS) is 36.2. The van der Waals surface area contributed by atoms with Gasteiger partial charge in [-0.3, -0.25) is 4.90 Å². The Morgan fingerprint density at radius 3 is 2.81 bits per heavy atom. The molecular weight excluding hydrogens is 270 g/mol. The van der Waals surface area contributed by atoms with Crippen LogP contribution in [0.5, 0.6) is 11.5 Å². The number of ether oxygens (including phenoxy) is 2. The van der Waals surface area contributed by atoms with Crippen molar-refractivity contribution in [2.45, 2.75) is 37.1 Å². The second-order valence-corrected chi connectivity index (χ2v) is 6.32. The van der Waals surface area contributed by atoms with Gasteiger partial charge in [0.25, 0.3) is 0 Å². The minimum Gasteiger partial charge on any atom is -0.454 e. The van der Waals surface area contributed by atoms with Crippen LogP contribution in [0.4, 0.5) is 0 Å². The molecule has 3 aliphatic heterocycles. The van der Waals surface area contributed by atoms with Crippen molar-refractivity contribution < 1.29 is 19.7 Å². The minimum atomic E-state index is -0.780. The van der Waals surface area contributed by atoms with Crippen LogP contribution in [0.15, 0.2) is 23.8 Å². The predicted octanol–water partition coefficient (Wildman–Crippen LogP) is 0.749. The number of hydrogen-bond donors (Lipinski definition) is 2. The molecule has 0 spiro atoms. The van der Waals surface area contributed by atoms with E-state index >= 15 is 0 Å². The molecule has 1 aliphatic carbocycles. The molecule has 1 fully saturated rings. The molecule has 21 heavy (non-hydrogen) atoms. The van der Waals surface area contributed by atoms with Gasteiger partial charge in [0, 0.05) is 25.0 Å². The SMILES string of the molecule is O[C@H]1[C@@H]2c3cc4c(cc3CN3CCC(=C[C@@H]1O)[C@@H]23)OCO4. The zero-order valence-corrected chi connectivity index (χ0v) is 11.5. The highest BCUT2D eigenvalue weighted by molar-refractivity contribution is 5.53. The molecule has 3 heterocycles. The molecule has 0 bridgehead atoms. The van der Waals surface area contributed by atoms with Crippen LogP contribution in [-0.4, -0.2) is 46.7 Å². The number of aliphatic hydroxyl groups excluding tert-OH is 2. The first-order valence-electron chi connectivity index (χ1n) is 7.45. The Bertz CT molecular complexity index is 656. The number of rotatable bonds is 0. The summed E-state index contributed by atoms with van der Waals surface area (Å²) in [5.74, 6) is 1.45. The maximum atomic E-state index is 10.5. The Morgan fingerprint density at radius 1 is 1.14 bits per heavy atom. The van der Waals surface area contributed by atoms with Crippen LogP contribution in [-0.2, 0) is 6.54 Å². The molecule has 1 aromatic carbocycles. The number of aliphatic hydroxyl groups is 2. The van der Waals surface area contributed by atoms with Gasteiger partial charge in [0.15, 0.2) is 11.5 Å². The summed E-state index contributed by atoms with van der Waals surface area (Å²) in [6, 6.07) is 4.25. The highest BCUT2D eigenvalue weighted by atomic mass is 16.7. The zero-order chi connectivity index (χ0) is 14.1. The van der Waals surface area contributed by atoms with E-state index in [-0.39, 0.29) is 18.8 Å². The van der Waals surface area contributed by atoms with Crippen LogP contribution in [0.1, 0.15) is 23.5 Å². The molecule has 1 aromatic rings. The van der Waals surface area contributed by atoms with E-state index in [2.05, 4.69) is 4.90 Å². The minimum absolute atomic E-state index is 0.0826. The number of benzene rings is 1. The van der Waals surface area contributed by atoms with Crippen LogP contribution in [0.3, 0.4) is 0 Å². The van der Waals surface area contributed by atoms with Crippen molar-refractivity contribution in [1.29, 1.82) is 0 Å². The first-order chi connectivity index (χ1) is 10.2. The summed E-state index contributed by atoms with van der Waals surface area (Å²) < 4.78 is 10.9. The van der Waals surface area contributed by atoms with Gasteiger partial charge in [-0.15, -0.1) is 0 Å². The predicted molar refractivity (Wildman–Crippen MR) is 74.2 cm³/mol. The lowest BCUT2D eigenvalue weighted by Gasteiger charge is -2.44. The van der Waals surface area contributed by atoms with Crippen molar-refractivity contribution >= 4 is 0 Å².